The van der Waals surface area contributed by atoms with Gasteiger partial charge in [0.05, 0.1) is 5.69 Å². The maximum Gasteiger partial charge on any atom is 0.107 e. The molecule has 0 fully saturated rings. The lowest BCUT2D eigenvalue weighted by molar-refractivity contribution is 0.685. The number of hydrogen-bond donors (Lipinski definition) is 1. The molecule has 1 aromatic rings. The summed E-state index contributed by atoms with van der Waals surface area (Å²) in [6, 6.07) is 0. The Morgan fingerprint density at radius 2 is 2.29 bits per heavy atom. The quantitative estimate of drug-likeness (QED) is 0.603. The third kappa shape index (κ3) is 5.70. The summed E-state index contributed by atoms with van der Waals surface area (Å²) in [7, 11) is 0. The number of aliphatic imine (C=N–C) groups is 1. The Morgan fingerprint density at radius 3 is 2.88 bits per heavy atom. The second-order valence-electron chi connectivity index (χ2n) is 4.15. The van der Waals surface area contributed by atoms with Crippen LogP contribution >= 0.6 is 0 Å². The molecule has 1 N–H and O–H groups in total. The van der Waals surface area contributed by atoms with Gasteiger partial charge in [0.25, 0.3) is 0 Å². The Hall–Kier alpha value is -1.84. The summed E-state index contributed by atoms with van der Waals surface area (Å²) in [5.74, 6) is 0.537. The molecular formula is C13H18N4. The summed E-state index contributed by atoms with van der Waals surface area (Å²) < 4.78 is 0. The van der Waals surface area contributed by atoms with Crippen molar-refractivity contribution in [3.63, 3.8) is 0 Å². The second kappa shape index (κ2) is 7.44. The Kier molecular flexibility index (Phi) is 5.79. The van der Waals surface area contributed by atoms with Crippen molar-refractivity contribution in [1.82, 2.24) is 9.97 Å². The molecule has 0 amide bonds. The molecule has 4 nitrogen and oxygen atoms in total. The van der Waals surface area contributed by atoms with Gasteiger partial charge in [0, 0.05) is 30.7 Å². The van der Waals surface area contributed by atoms with Crippen LogP contribution < -0.4 is 0 Å². The zero-order valence-corrected chi connectivity index (χ0v) is 10.3. The molecule has 0 unspecified atom stereocenters. The van der Waals surface area contributed by atoms with Crippen molar-refractivity contribution in [3.05, 3.63) is 36.4 Å². The van der Waals surface area contributed by atoms with Crippen molar-refractivity contribution in [2.75, 3.05) is 0 Å². The fourth-order valence-electron chi connectivity index (χ4n) is 1.42. The van der Waals surface area contributed by atoms with Crippen molar-refractivity contribution < 1.29 is 0 Å². The zero-order valence-electron chi connectivity index (χ0n) is 10.3. The smallest absolute Gasteiger partial charge is 0.107 e. The SMILES string of the molecule is CC(C)CC(/C=C\Cc1cnccn1)=NC=N. The molecule has 4 heteroatoms. The maximum absolute atomic E-state index is 7.01. The van der Waals surface area contributed by atoms with Crippen molar-refractivity contribution in [1.29, 1.82) is 5.41 Å². The molecule has 1 aromatic heterocycles. The van der Waals surface area contributed by atoms with Crippen LogP contribution in [-0.2, 0) is 6.42 Å². The number of allylic oxidation sites excluding steroid dienone is 2. The molecule has 1 rings (SSSR count). The van der Waals surface area contributed by atoms with Crippen LogP contribution in [0.5, 0.6) is 0 Å². The number of nitrogens with zero attached hydrogens (tertiary/aromatic N) is 3. The van der Waals surface area contributed by atoms with Gasteiger partial charge in [0.1, 0.15) is 6.34 Å². The molecular weight excluding hydrogens is 212 g/mol. The topological polar surface area (TPSA) is 62.0 Å². The number of hydrogen-bond acceptors (Lipinski definition) is 3. The van der Waals surface area contributed by atoms with Crippen LogP contribution in [-0.4, -0.2) is 22.0 Å². The highest BCUT2D eigenvalue weighted by molar-refractivity contribution is 5.98. The maximum atomic E-state index is 7.01. The normalized spacial score (nSPS) is 12.3. The van der Waals surface area contributed by atoms with Crippen LogP contribution in [0.15, 0.2) is 35.7 Å². The van der Waals surface area contributed by atoms with E-state index in [2.05, 4.69) is 28.8 Å². The van der Waals surface area contributed by atoms with Crippen molar-refractivity contribution >= 4 is 12.1 Å². The van der Waals surface area contributed by atoms with E-state index >= 15 is 0 Å². The summed E-state index contributed by atoms with van der Waals surface area (Å²) in [5, 5.41) is 7.01. The van der Waals surface area contributed by atoms with Gasteiger partial charge in [-0.25, -0.2) is 4.99 Å². The fraction of sp³-hybridized carbons (Fsp3) is 0.385. The highest BCUT2D eigenvalue weighted by atomic mass is 14.8. The van der Waals surface area contributed by atoms with Gasteiger partial charge in [-0.2, -0.15) is 0 Å². The molecule has 1 heterocycles. The minimum atomic E-state index is 0.537. The fourth-order valence-corrected chi connectivity index (χ4v) is 1.42. The van der Waals surface area contributed by atoms with E-state index in [0.717, 1.165) is 30.6 Å². The first-order valence-electron chi connectivity index (χ1n) is 5.69. The molecule has 0 atom stereocenters. The Labute approximate surface area is 102 Å². The average Bonchev–Trinajstić information content (AvgIpc) is 2.30. The number of aromatic nitrogens is 2. The predicted molar refractivity (Wildman–Crippen MR) is 70.5 cm³/mol. The summed E-state index contributed by atoms with van der Waals surface area (Å²) >= 11 is 0. The van der Waals surface area contributed by atoms with Crippen molar-refractivity contribution in [2.45, 2.75) is 26.7 Å². The molecule has 17 heavy (non-hydrogen) atoms. The van der Waals surface area contributed by atoms with Gasteiger partial charge in [-0.3, -0.25) is 15.4 Å². The highest BCUT2D eigenvalue weighted by Gasteiger charge is 1.98. The molecule has 0 saturated carbocycles. The van der Waals surface area contributed by atoms with Crippen LogP contribution in [0, 0.1) is 11.3 Å². The van der Waals surface area contributed by atoms with Gasteiger partial charge in [-0.15, -0.1) is 0 Å². The van der Waals surface area contributed by atoms with E-state index in [1.165, 1.54) is 0 Å². The van der Waals surface area contributed by atoms with E-state index in [0.29, 0.717) is 5.92 Å². The molecule has 0 aliphatic rings. The molecule has 0 aromatic carbocycles. The number of nitrogens with one attached hydrogen (secondary N) is 1. The van der Waals surface area contributed by atoms with E-state index in [9.17, 15) is 0 Å². The summed E-state index contributed by atoms with van der Waals surface area (Å²) in [5.41, 5.74) is 1.86. The van der Waals surface area contributed by atoms with Crippen LogP contribution in [0.1, 0.15) is 26.0 Å². The lowest BCUT2D eigenvalue weighted by Gasteiger charge is -2.03. The summed E-state index contributed by atoms with van der Waals surface area (Å²) in [6.45, 7) is 4.27. The standard InChI is InChI=1S/C13H18N4/c1-11(2)8-12(17-10-14)4-3-5-13-9-15-6-7-16-13/h3-4,6-7,9-11,14H,5,8H2,1-2H3/b4-3-,14-10?,17-12?. The van der Waals surface area contributed by atoms with Crippen LogP contribution in [0.25, 0.3) is 0 Å². The third-order valence-electron chi connectivity index (χ3n) is 2.10. The minimum absolute atomic E-state index is 0.537. The van der Waals surface area contributed by atoms with E-state index in [-0.39, 0.29) is 0 Å². The first-order chi connectivity index (χ1) is 8.22. The molecule has 0 spiro atoms. The van der Waals surface area contributed by atoms with E-state index in [1.54, 1.807) is 18.6 Å². The lowest BCUT2D eigenvalue weighted by Crippen LogP contribution is -2.00. The Morgan fingerprint density at radius 1 is 1.47 bits per heavy atom. The predicted octanol–water partition coefficient (Wildman–Crippen LogP) is 2.67. The van der Waals surface area contributed by atoms with Crippen LogP contribution in [0.3, 0.4) is 0 Å². The van der Waals surface area contributed by atoms with E-state index in [1.807, 2.05) is 12.2 Å². The molecule has 0 aliphatic heterocycles. The molecule has 0 saturated heterocycles. The number of rotatable bonds is 6. The van der Waals surface area contributed by atoms with Gasteiger partial charge < -0.3 is 0 Å². The van der Waals surface area contributed by atoms with Crippen LogP contribution in [0.2, 0.25) is 0 Å². The van der Waals surface area contributed by atoms with Gasteiger partial charge in [0.15, 0.2) is 0 Å². The van der Waals surface area contributed by atoms with Crippen molar-refractivity contribution in [2.24, 2.45) is 10.9 Å². The first kappa shape index (κ1) is 13.2. The summed E-state index contributed by atoms with van der Waals surface area (Å²) in [4.78, 5) is 12.2. The zero-order chi connectivity index (χ0) is 12.5. The second-order valence-corrected chi connectivity index (χ2v) is 4.15. The lowest BCUT2D eigenvalue weighted by atomic mass is 10.1. The Balaban J connectivity index is 2.56. The highest BCUT2D eigenvalue weighted by Crippen LogP contribution is 2.03. The monoisotopic (exact) mass is 230 g/mol. The van der Waals surface area contributed by atoms with Gasteiger partial charge in [0.2, 0.25) is 0 Å². The molecule has 90 valence electrons. The molecule has 0 radical (unpaired) electrons. The first-order valence-corrected chi connectivity index (χ1v) is 5.69. The Bertz CT molecular complexity index is 393. The third-order valence-corrected chi connectivity index (χ3v) is 2.10. The molecule has 0 aliphatic carbocycles. The molecule has 0 bridgehead atoms. The van der Waals surface area contributed by atoms with Crippen molar-refractivity contribution in [3.8, 4) is 0 Å². The average molecular weight is 230 g/mol. The van der Waals surface area contributed by atoms with Gasteiger partial charge in [-0.1, -0.05) is 19.9 Å². The largest absolute Gasteiger partial charge is 0.290 e. The van der Waals surface area contributed by atoms with Gasteiger partial charge >= 0.3 is 0 Å². The van der Waals surface area contributed by atoms with E-state index in [4.69, 9.17) is 5.41 Å². The van der Waals surface area contributed by atoms with Gasteiger partial charge in [-0.05, 0) is 18.4 Å². The minimum Gasteiger partial charge on any atom is -0.290 e. The summed E-state index contributed by atoms with van der Waals surface area (Å²) in [6.07, 6.45) is 11.8. The van der Waals surface area contributed by atoms with E-state index < -0.39 is 0 Å². The van der Waals surface area contributed by atoms with Crippen LogP contribution in [0.4, 0.5) is 0 Å².